The van der Waals surface area contributed by atoms with Gasteiger partial charge < -0.3 is 24.0 Å². The molecule has 0 unspecified atom stereocenters. The van der Waals surface area contributed by atoms with E-state index in [9.17, 15) is 13.2 Å². The van der Waals surface area contributed by atoms with E-state index in [1.807, 2.05) is 6.07 Å². The summed E-state index contributed by atoms with van der Waals surface area (Å²) >= 11 is 0. The van der Waals surface area contributed by atoms with Crippen LogP contribution in [-0.4, -0.2) is 50.9 Å². The fourth-order valence-corrected chi connectivity index (χ4v) is 5.86. The van der Waals surface area contributed by atoms with Crippen LogP contribution in [0.3, 0.4) is 0 Å². The second-order valence-electron chi connectivity index (χ2n) is 9.38. The van der Waals surface area contributed by atoms with Gasteiger partial charge in [0, 0.05) is 36.5 Å². The van der Waals surface area contributed by atoms with Gasteiger partial charge in [-0.05, 0) is 61.6 Å². The third-order valence-corrected chi connectivity index (χ3v) is 7.48. The fraction of sp³-hybridized carbons (Fsp3) is 0.462. The van der Waals surface area contributed by atoms with Crippen molar-refractivity contribution in [2.24, 2.45) is 0 Å². The molecule has 0 saturated carbocycles. The van der Waals surface area contributed by atoms with Gasteiger partial charge in [-0.1, -0.05) is 6.07 Å². The molecule has 4 heterocycles. The standard InChI is InChI=1S/C26H27F3N2O4/c1-15-24-17(11-20-19-13-23-22(33-14-34-23)12-16(19)5-10-31(15)20)3-4-21(32-2)25(24)30-8-6-18(7-9-30)35-26(27,28)29/h3-4,11-13,15,18H,5-10,14H2,1-2H3/t15-/m0/s1. The van der Waals surface area contributed by atoms with Gasteiger partial charge in [0.2, 0.25) is 6.79 Å². The highest BCUT2D eigenvalue weighted by atomic mass is 19.4. The van der Waals surface area contributed by atoms with Gasteiger partial charge in [-0.15, -0.1) is 13.2 Å². The van der Waals surface area contributed by atoms with Crippen LogP contribution in [0.4, 0.5) is 18.9 Å². The summed E-state index contributed by atoms with van der Waals surface area (Å²) in [6.07, 6.45) is -1.70. The first-order valence-electron chi connectivity index (χ1n) is 11.9. The van der Waals surface area contributed by atoms with Crippen molar-refractivity contribution in [2.75, 3.05) is 38.4 Å². The Morgan fingerprint density at radius 1 is 1.03 bits per heavy atom. The maximum Gasteiger partial charge on any atom is 0.522 e. The Balaban J connectivity index is 1.37. The molecule has 2 aromatic rings. The number of hydrogen-bond acceptors (Lipinski definition) is 6. The van der Waals surface area contributed by atoms with Crippen LogP contribution < -0.4 is 19.1 Å². The molecule has 2 aromatic carbocycles. The van der Waals surface area contributed by atoms with Crippen molar-refractivity contribution in [1.82, 2.24) is 4.90 Å². The quantitative estimate of drug-likeness (QED) is 0.580. The molecule has 0 spiro atoms. The van der Waals surface area contributed by atoms with Crippen LogP contribution >= 0.6 is 0 Å². The summed E-state index contributed by atoms with van der Waals surface area (Å²) in [5.41, 5.74) is 6.76. The fourth-order valence-electron chi connectivity index (χ4n) is 5.86. The van der Waals surface area contributed by atoms with E-state index in [0.717, 1.165) is 58.3 Å². The zero-order valence-electron chi connectivity index (χ0n) is 19.7. The van der Waals surface area contributed by atoms with Crippen LogP contribution in [0.25, 0.3) is 11.8 Å². The maximum atomic E-state index is 12.7. The SMILES string of the molecule is COc1ccc2c(c1N1CCC(OC(F)(F)F)CC1)[C@H](C)N1CCc3cc4c(cc3C1=C2)OCO4. The number of methoxy groups -OCH3 is 1. The average Bonchev–Trinajstić information content (AvgIpc) is 3.29. The van der Waals surface area contributed by atoms with Crippen LogP contribution in [0, 0.1) is 0 Å². The molecule has 4 aliphatic rings. The molecule has 6 rings (SSSR count). The molecule has 1 fully saturated rings. The number of fused-ring (bicyclic) bond motifs is 5. The zero-order valence-corrected chi connectivity index (χ0v) is 19.7. The molecule has 0 aliphatic carbocycles. The molecule has 4 aliphatic heterocycles. The van der Waals surface area contributed by atoms with E-state index in [1.165, 1.54) is 5.56 Å². The lowest BCUT2D eigenvalue weighted by molar-refractivity contribution is -0.344. The molecule has 6 nitrogen and oxygen atoms in total. The van der Waals surface area contributed by atoms with Crippen LogP contribution in [-0.2, 0) is 11.2 Å². The third-order valence-electron chi connectivity index (χ3n) is 7.48. The second kappa shape index (κ2) is 8.26. The molecule has 0 amide bonds. The summed E-state index contributed by atoms with van der Waals surface area (Å²) in [6.45, 7) is 4.24. The number of hydrogen-bond donors (Lipinski definition) is 0. The third kappa shape index (κ3) is 3.86. The molecular weight excluding hydrogens is 461 g/mol. The van der Waals surface area contributed by atoms with E-state index in [0.29, 0.717) is 25.9 Å². The van der Waals surface area contributed by atoms with Crippen molar-refractivity contribution >= 4 is 17.5 Å². The number of nitrogens with zero attached hydrogens (tertiary/aromatic N) is 2. The molecule has 9 heteroatoms. The highest BCUT2D eigenvalue weighted by molar-refractivity contribution is 5.89. The molecule has 35 heavy (non-hydrogen) atoms. The van der Waals surface area contributed by atoms with Crippen LogP contribution in [0.2, 0.25) is 0 Å². The summed E-state index contributed by atoms with van der Waals surface area (Å²) in [6, 6.07) is 8.25. The monoisotopic (exact) mass is 488 g/mol. The van der Waals surface area contributed by atoms with Gasteiger partial charge in [0.05, 0.1) is 24.9 Å². The van der Waals surface area contributed by atoms with E-state index in [2.05, 4.69) is 45.7 Å². The average molecular weight is 489 g/mol. The van der Waals surface area contributed by atoms with E-state index < -0.39 is 12.5 Å². The molecule has 186 valence electrons. The number of benzene rings is 2. The van der Waals surface area contributed by atoms with E-state index in [-0.39, 0.29) is 12.8 Å². The lowest BCUT2D eigenvalue weighted by Gasteiger charge is -2.44. The van der Waals surface area contributed by atoms with Crippen molar-refractivity contribution in [3.8, 4) is 17.2 Å². The Bertz CT molecular complexity index is 1190. The zero-order chi connectivity index (χ0) is 24.3. The minimum atomic E-state index is -4.60. The number of alkyl halides is 3. The number of piperidine rings is 1. The predicted octanol–water partition coefficient (Wildman–Crippen LogP) is 5.36. The van der Waals surface area contributed by atoms with Gasteiger partial charge in [0.1, 0.15) is 5.75 Å². The summed E-state index contributed by atoms with van der Waals surface area (Å²) in [5.74, 6) is 2.31. The second-order valence-corrected chi connectivity index (χ2v) is 9.38. The van der Waals surface area contributed by atoms with Crippen LogP contribution in [0.5, 0.6) is 17.2 Å². The minimum absolute atomic E-state index is 0.0674. The molecule has 0 N–H and O–H groups in total. The van der Waals surface area contributed by atoms with Crippen molar-refractivity contribution in [1.29, 1.82) is 0 Å². The maximum absolute atomic E-state index is 12.7. The van der Waals surface area contributed by atoms with Crippen molar-refractivity contribution in [3.05, 3.63) is 46.5 Å². The van der Waals surface area contributed by atoms with Crippen molar-refractivity contribution < 1.29 is 32.1 Å². The van der Waals surface area contributed by atoms with Gasteiger partial charge >= 0.3 is 6.36 Å². The molecular formula is C26H27F3N2O4. The van der Waals surface area contributed by atoms with E-state index in [4.69, 9.17) is 14.2 Å². The summed E-state index contributed by atoms with van der Waals surface area (Å²) in [5, 5.41) is 0. The first kappa shape index (κ1) is 22.4. The lowest BCUT2D eigenvalue weighted by Crippen LogP contribution is -2.41. The minimum Gasteiger partial charge on any atom is -0.495 e. The van der Waals surface area contributed by atoms with Gasteiger partial charge in [0.15, 0.2) is 11.5 Å². The van der Waals surface area contributed by atoms with Gasteiger partial charge in [-0.2, -0.15) is 0 Å². The van der Waals surface area contributed by atoms with Crippen molar-refractivity contribution in [3.63, 3.8) is 0 Å². The largest absolute Gasteiger partial charge is 0.522 e. The van der Waals surface area contributed by atoms with Gasteiger partial charge in [-0.25, -0.2) is 0 Å². The summed E-state index contributed by atoms with van der Waals surface area (Å²) < 4.78 is 59.4. The normalized spacial score (nSPS) is 21.3. The smallest absolute Gasteiger partial charge is 0.495 e. The summed E-state index contributed by atoms with van der Waals surface area (Å²) in [4.78, 5) is 4.55. The molecule has 0 bridgehead atoms. The molecule has 0 radical (unpaired) electrons. The highest BCUT2D eigenvalue weighted by Gasteiger charge is 2.38. The number of anilines is 1. The first-order valence-corrected chi connectivity index (χ1v) is 11.9. The Morgan fingerprint density at radius 3 is 2.49 bits per heavy atom. The van der Waals surface area contributed by atoms with Crippen LogP contribution in [0.1, 0.15) is 48.1 Å². The van der Waals surface area contributed by atoms with Gasteiger partial charge in [-0.3, -0.25) is 4.74 Å². The molecule has 1 atom stereocenters. The Kier molecular flexibility index (Phi) is 5.28. The molecule has 0 aromatic heterocycles. The topological polar surface area (TPSA) is 43.4 Å². The number of ether oxygens (including phenoxy) is 4. The van der Waals surface area contributed by atoms with E-state index in [1.54, 1.807) is 7.11 Å². The van der Waals surface area contributed by atoms with E-state index >= 15 is 0 Å². The Labute approximate surface area is 201 Å². The molecule has 1 saturated heterocycles. The Hall–Kier alpha value is -3.07. The highest BCUT2D eigenvalue weighted by Crippen LogP contribution is 2.50. The predicted molar refractivity (Wildman–Crippen MR) is 125 cm³/mol. The lowest BCUT2D eigenvalue weighted by atomic mass is 9.85. The van der Waals surface area contributed by atoms with Crippen molar-refractivity contribution in [2.45, 2.75) is 44.7 Å². The van der Waals surface area contributed by atoms with Crippen LogP contribution in [0.15, 0.2) is 24.3 Å². The Morgan fingerprint density at radius 2 is 1.77 bits per heavy atom. The van der Waals surface area contributed by atoms with Gasteiger partial charge in [0.25, 0.3) is 0 Å². The first-order chi connectivity index (χ1) is 16.8. The number of halogens is 3. The summed E-state index contributed by atoms with van der Waals surface area (Å²) in [7, 11) is 1.64. The number of rotatable bonds is 3.